The van der Waals surface area contributed by atoms with Gasteiger partial charge in [0.25, 0.3) is 0 Å². The molecule has 3 nitrogen and oxygen atoms in total. The molecule has 100 valence electrons. The molecule has 3 heterocycles. The molecule has 1 aliphatic rings. The van der Waals surface area contributed by atoms with Crippen LogP contribution in [-0.2, 0) is 6.54 Å². The molecule has 0 unspecified atom stereocenters. The number of hydrogen-bond acceptors (Lipinski definition) is 4. The fraction of sp³-hybridized carbons (Fsp3) is 0.357. The Morgan fingerprint density at radius 3 is 2.79 bits per heavy atom. The van der Waals surface area contributed by atoms with Crippen molar-refractivity contribution in [3.05, 3.63) is 39.1 Å². The summed E-state index contributed by atoms with van der Waals surface area (Å²) in [6.45, 7) is 3.12. The maximum Gasteiger partial charge on any atom is 0.128 e. The summed E-state index contributed by atoms with van der Waals surface area (Å²) in [5, 5.41) is 5.55. The van der Waals surface area contributed by atoms with Gasteiger partial charge in [-0.3, -0.25) is 0 Å². The van der Waals surface area contributed by atoms with Crippen LogP contribution in [0.4, 0.5) is 11.5 Å². The number of nitrogens with zero attached hydrogens (tertiary/aromatic N) is 2. The number of hydrogen-bond donors (Lipinski definition) is 1. The molecular weight excluding hydrogens is 322 g/mol. The Hall–Kier alpha value is -1.07. The van der Waals surface area contributed by atoms with E-state index in [1.165, 1.54) is 22.2 Å². The number of rotatable bonds is 4. The van der Waals surface area contributed by atoms with Crippen LogP contribution in [0.1, 0.15) is 18.4 Å². The first-order valence-corrected chi connectivity index (χ1v) is 8.16. The molecular formula is C14H16BrN3S. The average molecular weight is 338 g/mol. The third kappa shape index (κ3) is 3.28. The quantitative estimate of drug-likeness (QED) is 0.909. The molecule has 3 rings (SSSR count). The molecule has 0 radical (unpaired) electrons. The van der Waals surface area contributed by atoms with Crippen LogP contribution in [0.25, 0.3) is 0 Å². The van der Waals surface area contributed by atoms with Crippen molar-refractivity contribution in [3.63, 3.8) is 0 Å². The van der Waals surface area contributed by atoms with Crippen molar-refractivity contribution in [2.75, 3.05) is 23.3 Å². The number of halogens is 1. The standard InChI is InChI=1S/C14H16BrN3S/c15-13-7-11(10-19-13)8-16-12-3-4-14(17-9-12)18-5-1-2-6-18/h3-4,7,9-10,16H,1-2,5-6,8H2. The van der Waals surface area contributed by atoms with Gasteiger partial charge in [0.1, 0.15) is 5.82 Å². The second kappa shape index (κ2) is 5.92. The molecule has 0 spiro atoms. The molecule has 0 amide bonds. The lowest BCUT2D eigenvalue weighted by Crippen LogP contribution is -2.18. The minimum Gasteiger partial charge on any atom is -0.380 e. The minimum atomic E-state index is 0.840. The van der Waals surface area contributed by atoms with E-state index >= 15 is 0 Å². The van der Waals surface area contributed by atoms with Crippen molar-refractivity contribution >= 4 is 38.8 Å². The molecule has 1 saturated heterocycles. The zero-order valence-electron chi connectivity index (χ0n) is 10.6. The molecule has 0 bridgehead atoms. The first-order valence-electron chi connectivity index (χ1n) is 6.49. The van der Waals surface area contributed by atoms with E-state index in [1.807, 2.05) is 6.20 Å². The van der Waals surface area contributed by atoms with Gasteiger partial charge in [-0.15, -0.1) is 11.3 Å². The summed E-state index contributed by atoms with van der Waals surface area (Å²) in [4.78, 5) is 6.88. The number of pyridine rings is 1. The van der Waals surface area contributed by atoms with E-state index in [2.05, 4.69) is 54.7 Å². The Morgan fingerprint density at radius 1 is 1.32 bits per heavy atom. The van der Waals surface area contributed by atoms with Gasteiger partial charge in [0.15, 0.2) is 0 Å². The van der Waals surface area contributed by atoms with E-state index in [-0.39, 0.29) is 0 Å². The van der Waals surface area contributed by atoms with Crippen LogP contribution in [-0.4, -0.2) is 18.1 Å². The Labute approximate surface area is 125 Å². The summed E-state index contributed by atoms with van der Waals surface area (Å²) in [6.07, 6.45) is 4.50. The third-order valence-corrected chi connectivity index (χ3v) is 4.85. The van der Waals surface area contributed by atoms with Crippen LogP contribution in [0.5, 0.6) is 0 Å². The highest BCUT2D eigenvalue weighted by atomic mass is 79.9. The topological polar surface area (TPSA) is 28.2 Å². The van der Waals surface area contributed by atoms with Gasteiger partial charge >= 0.3 is 0 Å². The smallest absolute Gasteiger partial charge is 0.128 e. The molecule has 1 fully saturated rings. The van der Waals surface area contributed by atoms with E-state index < -0.39 is 0 Å². The predicted molar refractivity (Wildman–Crippen MR) is 85.0 cm³/mol. The summed E-state index contributed by atoms with van der Waals surface area (Å²) < 4.78 is 1.17. The van der Waals surface area contributed by atoms with Crippen LogP contribution in [0, 0.1) is 0 Å². The van der Waals surface area contributed by atoms with E-state index in [4.69, 9.17) is 0 Å². The minimum absolute atomic E-state index is 0.840. The highest BCUT2D eigenvalue weighted by molar-refractivity contribution is 9.11. The maximum absolute atomic E-state index is 4.53. The lowest BCUT2D eigenvalue weighted by atomic mass is 10.3. The highest BCUT2D eigenvalue weighted by Crippen LogP contribution is 2.22. The number of anilines is 2. The first kappa shape index (κ1) is 12.9. The Bertz CT molecular complexity index is 532. The molecule has 2 aromatic rings. The van der Waals surface area contributed by atoms with Crippen LogP contribution >= 0.6 is 27.3 Å². The van der Waals surface area contributed by atoms with Crippen molar-refractivity contribution in [1.29, 1.82) is 0 Å². The zero-order valence-corrected chi connectivity index (χ0v) is 13.0. The number of nitrogens with one attached hydrogen (secondary N) is 1. The summed E-state index contributed by atoms with van der Waals surface area (Å²) in [7, 11) is 0. The van der Waals surface area contributed by atoms with E-state index in [1.54, 1.807) is 11.3 Å². The third-order valence-electron chi connectivity index (χ3n) is 3.30. The zero-order chi connectivity index (χ0) is 13.1. The van der Waals surface area contributed by atoms with Crippen LogP contribution in [0.3, 0.4) is 0 Å². The SMILES string of the molecule is Brc1cc(CNc2ccc(N3CCCC3)nc2)cs1. The lowest BCUT2D eigenvalue weighted by Gasteiger charge is -2.16. The van der Waals surface area contributed by atoms with Crippen LogP contribution < -0.4 is 10.2 Å². The van der Waals surface area contributed by atoms with Crippen LogP contribution in [0.2, 0.25) is 0 Å². The van der Waals surface area contributed by atoms with Gasteiger partial charge in [0, 0.05) is 19.6 Å². The van der Waals surface area contributed by atoms with Crippen molar-refractivity contribution in [2.24, 2.45) is 0 Å². The molecule has 0 aliphatic carbocycles. The molecule has 0 saturated carbocycles. The van der Waals surface area contributed by atoms with Gasteiger partial charge in [-0.2, -0.15) is 0 Å². The van der Waals surface area contributed by atoms with Gasteiger partial charge in [0.2, 0.25) is 0 Å². The first-order chi connectivity index (χ1) is 9.31. The fourth-order valence-corrected chi connectivity index (χ4v) is 3.48. The normalized spacial score (nSPS) is 14.9. The predicted octanol–water partition coefficient (Wildman–Crippen LogP) is 4.12. The molecule has 0 aromatic carbocycles. The molecule has 1 N–H and O–H groups in total. The largest absolute Gasteiger partial charge is 0.380 e. The molecule has 0 atom stereocenters. The van der Waals surface area contributed by atoms with Crippen LogP contribution in [0.15, 0.2) is 33.6 Å². The van der Waals surface area contributed by atoms with Gasteiger partial charge in [-0.05, 0) is 57.9 Å². The molecule has 1 aliphatic heterocycles. The van der Waals surface area contributed by atoms with Crippen molar-refractivity contribution in [2.45, 2.75) is 19.4 Å². The Balaban J connectivity index is 1.59. The van der Waals surface area contributed by atoms with E-state index in [0.29, 0.717) is 0 Å². The van der Waals surface area contributed by atoms with Gasteiger partial charge < -0.3 is 10.2 Å². The molecule has 2 aromatic heterocycles. The van der Waals surface area contributed by atoms with Crippen molar-refractivity contribution < 1.29 is 0 Å². The lowest BCUT2D eigenvalue weighted by molar-refractivity contribution is 0.937. The number of thiophene rings is 1. The highest BCUT2D eigenvalue weighted by Gasteiger charge is 2.12. The van der Waals surface area contributed by atoms with E-state index in [0.717, 1.165) is 31.1 Å². The van der Waals surface area contributed by atoms with Gasteiger partial charge in [0.05, 0.1) is 15.7 Å². The summed E-state index contributed by atoms with van der Waals surface area (Å²) >= 11 is 5.19. The Kier molecular flexibility index (Phi) is 4.03. The average Bonchev–Trinajstić information content (AvgIpc) is 3.08. The van der Waals surface area contributed by atoms with Gasteiger partial charge in [-0.1, -0.05) is 0 Å². The second-order valence-corrected chi connectivity index (χ2v) is 7.00. The van der Waals surface area contributed by atoms with Crippen molar-refractivity contribution in [3.8, 4) is 0 Å². The molecule has 19 heavy (non-hydrogen) atoms. The monoisotopic (exact) mass is 337 g/mol. The van der Waals surface area contributed by atoms with Gasteiger partial charge in [-0.25, -0.2) is 4.98 Å². The number of aromatic nitrogens is 1. The second-order valence-electron chi connectivity index (χ2n) is 4.71. The fourth-order valence-electron chi connectivity index (χ4n) is 2.27. The summed E-state index contributed by atoms with van der Waals surface area (Å²) in [5.74, 6) is 1.10. The Morgan fingerprint density at radius 2 is 2.16 bits per heavy atom. The molecule has 5 heteroatoms. The van der Waals surface area contributed by atoms with E-state index in [9.17, 15) is 0 Å². The summed E-state index contributed by atoms with van der Waals surface area (Å²) in [6, 6.07) is 6.36. The summed E-state index contributed by atoms with van der Waals surface area (Å²) in [5.41, 5.74) is 2.37. The maximum atomic E-state index is 4.53. The van der Waals surface area contributed by atoms with Crippen molar-refractivity contribution in [1.82, 2.24) is 4.98 Å².